The van der Waals surface area contributed by atoms with Crippen LogP contribution in [0.4, 0.5) is 6.01 Å². The van der Waals surface area contributed by atoms with E-state index in [1.165, 1.54) is 0 Å². The van der Waals surface area contributed by atoms with Gasteiger partial charge in [0.25, 0.3) is 0 Å². The molecule has 2 heterocycles. The van der Waals surface area contributed by atoms with E-state index in [9.17, 15) is 0 Å². The van der Waals surface area contributed by atoms with Crippen LogP contribution >= 0.6 is 0 Å². The van der Waals surface area contributed by atoms with Crippen molar-refractivity contribution in [2.24, 2.45) is 0 Å². The van der Waals surface area contributed by atoms with E-state index >= 15 is 0 Å². The lowest BCUT2D eigenvalue weighted by molar-refractivity contribution is 0.387. The van der Waals surface area contributed by atoms with Gasteiger partial charge in [0.1, 0.15) is 0 Å². The molecule has 1 aromatic rings. The predicted molar refractivity (Wildman–Crippen MR) is 48.7 cm³/mol. The number of anilines is 1. The largest absolute Gasteiger partial charge is 0.324 e. The molecular formula is C8H14N4O. The van der Waals surface area contributed by atoms with Gasteiger partial charge >= 0.3 is 6.01 Å². The first-order chi connectivity index (χ1) is 6.25. The van der Waals surface area contributed by atoms with E-state index in [2.05, 4.69) is 27.3 Å². The molecule has 0 amide bonds. The summed E-state index contributed by atoms with van der Waals surface area (Å²) in [6.45, 7) is 6.82. The monoisotopic (exact) mass is 182 g/mol. The molecule has 5 nitrogen and oxygen atoms in total. The lowest BCUT2D eigenvalue weighted by Gasteiger charge is -2.29. The van der Waals surface area contributed by atoms with E-state index in [0.29, 0.717) is 17.9 Å². The highest BCUT2D eigenvalue weighted by Crippen LogP contribution is 2.12. The van der Waals surface area contributed by atoms with Gasteiger partial charge in [-0.3, -0.25) is 0 Å². The lowest BCUT2D eigenvalue weighted by Crippen LogP contribution is -2.49. The molecule has 0 unspecified atom stereocenters. The van der Waals surface area contributed by atoms with Crippen molar-refractivity contribution in [2.75, 3.05) is 24.5 Å². The van der Waals surface area contributed by atoms with Crippen molar-refractivity contribution in [1.29, 1.82) is 0 Å². The average Bonchev–Trinajstić information content (AvgIpc) is 2.52. The first-order valence-electron chi connectivity index (χ1n) is 4.54. The van der Waals surface area contributed by atoms with E-state index in [-0.39, 0.29) is 0 Å². The fourth-order valence-corrected chi connectivity index (χ4v) is 1.52. The molecule has 13 heavy (non-hydrogen) atoms. The maximum absolute atomic E-state index is 5.09. The smallest absolute Gasteiger partial charge is 0.322 e. The Labute approximate surface area is 77.1 Å². The molecule has 0 saturated carbocycles. The minimum Gasteiger partial charge on any atom is -0.322 e. The molecule has 5 heteroatoms. The molecule has 1 aromatic heterocycles. The Kier molecular flexibility index (Phi) is 2.18. The number of piperazine rings is 1. The van der Waals surface area contributed by atoms with Crippen LogP contribution in [-0.4, -0.2) is 35.8 Å². The normalized spacial score (nSPS) is 23.5. The van der Waals surface area contributed by atoms with Gasteiger partial charge in [0, 0.05) is 25.7 Å². The fraction of sp³-hybridized carbons (Fsp3) is 0.750. The van der Waals surface area contributed by atoms with Crippen LogP contribution in [0.15, 0.2) is 4.52 Å². The summed E-state index contributed by atoms with van der Waals surface area (Å²) in [7, 11) is 0. The second-order valence-corrected chi connectivity index (χ2v) is 3.43. The Morgan fingerprint density at radius 2 is 2.46 bits per heavy atom. The molecule has 1 aliphatic rings. The van der Waals surface area contributed by atoms with Gasteiger partial charge in [-0.1, -0.05) is 5.16 Å². The molecule has 0 aliphatic carbocycles. The number of nitrogens with zero attached hydrogens (tertiary/aromatic N) is 3. The Balaban J connectivity index is 2.08. The van der Waals surface area contributed by atoms with Gasteiger partial charge in [0.05, 0.1) is 0 Å². The number of nitrogens with one attached hydrogen (secondary N) is 1. The Bertz CT molecular complexity index is 285. The summed E-state index contributed by atoms with van der Waals surface area (Å²) in [6.07, 6.45) is 0. The van der Waals surface area contributed by atoms with Crippen LogP contribution in [0, 0.1) is 6.92 Å². The zero-order chi connectivity index (χ0) is 9.26. The molecule has 1 atom stereocenters. The number of hydrogen-bond acceptors (Lipinski definition) is 5. The third kappa shape index (κ3) is 1.80. The van der Waals surface area contributed by atoms with E-state index in [1.54, 1.807) is 0 Å². The molecular weight excluding hydrogens is 168 g/mol. The lowest BCUT2D eigenvalue weighted by atomic mass is 10.2. The highest BCUT2D eigenvalue weighted by Gasteiger charge is 2.19. The van der Waals surface area contributed by atoms with Crippen LogP contribution < -0.4 is 10.2 Å². The van der Waals surface area contributed by atoms with Crippen molar-refractivity contribution in [1.82, 2.24) is 15.5 Å². The van der Waals surface area contributed by atoms with Crippen molar-refractivity contribution >= 4 is 6.01 Å². The molecule has 1 saturated heterocycles. The summed E-state index contributed by atoms with van der Waals surface area (Å²) in [5, 5.41) is 7.13. The van der Waals surface area contributed by atoms with Gasteiger partial charge < -0.3 is 14.7 Å². The number of hydrogen-bond donors (Lipinski definition) is 1. The molecule has 72 valence electrons. The molecule has 1 N–H and O–H groups in total. The Hall–Kier alpha value is -1.10. The maximum atomic E-state index is 5.09. The predicted octanol–water partition coefficient (Wildman–Crippen LogP) is 0.176. The summed E-state index contributed by atoms with van der Waals surface area (Å²) in [5.74, 6) is 0.696. The van der Waals surface area contributed by atoms with Crippen molar-refractivity contribution < 1.29 is 4.52 Å². The average molecular weight is 182 g/mol. The van der Waals surface area contributed by atoms with Crippen molar-refractivity contribution in [3.8, 4) is 0 Å². The fourth-order valence-electron chi connectivity index (χ4n) is 1.52. The molecule has 1 fully saturated rings. The van der Waals surface area contributed by atoms with Crippen LogP contribution in [0.5, 0.6) is 0 Å². The summed E-state index contributed by atoms with van der Waals surface area (Å²) in [6, 6.07) is 1.13. The van der Waals surface area contributed by atoms with Crippen molar-refractivity contribution in [3.63, 3.8) is 0 Å². The SMILES string of the molecule is Cc1noc(N2CCN[C@@H](C)C2)n1. The molecule has 2 rings (SSSR count). The second-order valence-electron chi connectivity index (χ2n) is 3.43. The van der Waals surface area contributed by atoms with Gasteiger partial charge in [0.15, 0.2) is 5.82 Å². The third-order valence-electron chi connectivity index (χ3n) is 2.16. The number of aryl methyl sites for hydroxylation is 1. The standard InChI is InChI=1S/C8H14N4O/c1-6-5-12(4-3-9-6)8-10-7(2)11-13-8/h6,9H,3-5H2,1-2H3/t6-/m0/s1. The quantitative estimate of drug-likeness (QED) is 0.671. The molecule has 1 aliphatic heterocycles. The Morgan fingerprint density at radius 1 is 1.62 bits per heavy atom. The molecule has 0 radical (unpaired) electrons. The third-order valence-corrected chi connectivity index (χ3v) is 2.16. The van der Waals surface area contributed by atoms with Crippen LogP contribution in [0.2, 0.25) is 0 Å². The van der Waals surface area contributed by atoms with Crippen LogP contribution in [0.1, 0.15) is 12.7 Å². The minimum absolute atomic E-state index is 0.487. The zero-order valence-corrected chi connectivity index (χ0v) is 7.95. The highest BCUT2D eigenvalue weighted by molar-refractivity contribution is 5.26. The first-order valence-corrected chi connectivity index (χ1v) is 4.54. The van der Waals surface area contributed by atoms with Gasteiger partial charge in [0.2, 0.25) is 0 Å². The highest BCUT2D eigenvalue weighted by atomic mass is 16.5. The summed E-state index contributed by atoms with van der Waals surface area (Å²) >= 11 is 0. The first kappa shape index (κ1) is 8.50. The van der Waals surface area contributed by atoms with Gasteiger partial charge in [-0.25, -0.2) is 0 Å². The molecule has 0 aromatic carbocycles. The van der Waals surface area contributed by atoms with Crippen molar-refractivity contribution in [3.05, 3.63) is 5.82 Å². The second kappa shape index (κ2) is 3.33. The van der Waals surface area contributed by atoms with Crippen LogP contribution in [-0.2, 0) is 0 Å². The number of aromatic nitrogens is 2. The van der Waals surface area contributed by atoms with Gasteiger partial charge in [-0.15, -0.1) is 0 Å². The van der Waals surface area contributed by atoms with Gasteiger partial charge in [-0.2, -0.15) is 4.98 Å². The number of rotatable bonds is 1. The maximum Gasteiger partial charge on any atom is 0.324 e. The van der Waals surface area contributed by atoms with Crippen LogP contribution in [0.25, 0.3) is 0 Å². The summed E-state index contributed by atoms with van der Waals surface area (Å²) in [4.78, 5) is 6.30. The molecule has 0 spiro atoms. The van der Waals surface area contributed by atoms with E-state index in [0.717, 1.165) is 19.6 Å². The molecule has 0 bridgehead atoms. The van der Waals surface area contributed by atoms with E-state index in [4.69, 9.17) is 4.52 Å². The van der Waals surface area contributed by atoms with Crippen molar-refractivity contribution in [2.45, 2.75) is 19.9 Å². The summed E-state index contributed by atoms with van der Waals surface area (Å²) in [5.41, 5.74) is 0. The topological polar surface area (TPSA) is 54.2 Å². The van der Waals surface area contributed by atoms with Crippen LogP contribution in [0.3, 0.4) is 0 Å². The minimum atomic E-state index is 0.487. The van der Waals surface area contributed by atoms with E-state index < -0.39 is 0 Å². The zero-order valence-electron chi connectivity index (χ0n) is 7.95. The Morgan fingerprint density at radius 3 is 3.08 bits per heavy atom. The van der Waals surface area contributed by atoms with Gasteiger partial charge in [-0.05, 0) is 13.8 Å². The van der Waals surface area contributed by atoms with E-state index in [1.807, 2.05) is 6.92 Å². The summed E-state index contributed by atoms with van der Waals surface area (Å²) < 4.78 is 5.09.